The minimum atomic E-state index is -2.47. The summed E-state index contributed by atoms with van der Waals surface area (Å²) in [6.45, 7) is 6.93. The molecule has 118 valence electrons. The van der Waals surface area contributed by atoms with Crippen molar-refractivity contribution in [2.75, 3.05) is 6.61 Å². The molecule has 0 saturated heterocycles. The molecule has 0 spiro atoms. The van der Waals surface area contributed by atoms with Gasteiger partial charge in [0.15, 0.2) is 0 Å². The van der Waals surface area contributed by atoms with Crippen LogP contribution in [0.2, 0.25) is 13.9 Å². The molecule has 2 rings (SSSR count). The third kappa shape index (κ3) is 2.81. The van der Waals surface area contributed by atoms with E-state index in [0.29, 0.717) is 17.0 Å². The second kappa shape index (κ2) is 5.72. The molecular formula is C15H27BrO3Te. The predicted octanol–water partition coefficient (Wildman–Crippen LogP) is 3.71. The van der Waals surface area contributed by atoms with Gasteiger partial charge in [0.25, 0.3) is 0 Å². The first-order chi connectivity index (χ1) is 9.14. The van der Waals surface area contributed by atoms with Crippen LogP contribution in [-0.2, 0) is 9.53 Å². The van der Waals surface area contributed by atoms with E-state index in [9.17, 15) is 9.90 Å². The average molecular weight is 463 g/mol. The molecule has 0 aromatic carbocycles. The Hall–Kier alpha value is 0.700. The number of hydrogen-bond donors (Lipinski definition) is 1. The summed E-state index contributed by atoms with van der Waals surface area (Å²) >= 11 is 1.45. The summed E-state index contributed by atoms with van der Waals surface area (Å²) in [5.74, 6) is 0.565. The molecule has 1 N–H and O–H groups in total. The van der Waals surface area contributed by atoms with Gasteiger partial charge in [0, 0.05) is 0 Å². The van der Waals surface area contributed by atoms with Gasteiger partial charge in [-0.15, -0.1) is 0 Å². The van der Waals surface area contributed by atoms with Crippen LogP contribution >= 0.6 is 12.8 Å². The number of carbonyl (C=O) groups is 1. The summed E-state index contributed by atoms with van der Waals surface area (Å²) in [6, 6.07) is 0. The molecule has 0 radical (unpaired) electrons. The van der Waals surface area contributed by atoms with Gasteiger partial charge in [-0.2, -0.15) is 0 Å². The van der Waals surface area contributed by atoms with E-state index in [-0.39, 0.29) is 22.9 Å². The Balaban J connectivity index is 2.13. The third-order valence-corrected chi connectivity index (χ3v) is 14.3. The minimum absolute atomic E-state index is 0.0174. The van der Waals surface area contributed by atoms with Crippen molar-refractivity contribution >= 4 is 34.7 Å². The Morgan fingerprint density at radius 3 is 2.60 bits per heavy atom. The Morgan fingerprint density at radius 2 is 2.15 bits per heavy atom. The number of carbonyl (C=O) groups excluding carboxylic acids is 1. The van der Waals surface area contributed by atoms with Crippen LogP contribution in [-0.4, -0.2) is 39.8 Å². The van der Waals surface area contributed by atoms with Crippen molar-refractivity contribution in [1.29, 1.82) is 0 Å². The van der Waals surface area contributed by atoms with Gasteiger partial charge < -0.3 is 0 Å². The number of aliphatic hydroxyl groups excluding tert-OH is 1. The molecule has 5 heteroatoms. The molecule has 2 aliphatic carbocycles. The molecule has 0 heterocycles. The van der Waals surface area contributed by atoms with Crippen molar-refractivity contribution in [3.05, 3.63) is 0 Å². The van der Waals surface area contributed by atoms with Crippen LogP contribution in [0.5, 0.6) is 0 Å². The van der Waals surface area contributed by atoms with Gasteiger partial charge >= 0.3 is 133 Å². The summed E-state index contributed by atoms with van der Waals surface area (Å²) in [7, 11) is 0. The van der Waals surface area contributed by atoms with Gasteiger partial charge in [-0.05, 0) is 0 Å². The van der Waals surface area contributed by atoms with Gasteiger partial charge in [-0.3, -0.25) is 0 Å². The molecule has 0 amide bonds. The summed E-state index contributed by atoms with van der Waals surface area (Å²) in [5, 5.41) is 10.6. The molecule has 0 aliphatic heterocycles. The van der Waals surface area contributed by atoms with Gasteiger partial charge in [0.05, 0.1) is 0 Å². The van der Waals surface area contributed by atoms with Crippen LogP contribution in [0.15, 0.2) is 0 Å². The van der Waals surface area contributed by atoms with E-state index in [1.54, 1.807) is 0 Å². The molecule has 3 nitrogen and oxygen atoms in total. The monoisotopic (exact) mass is 464 g/mol. The Bertz CT molecular complexity index is 397. The van der Waals surface area contributed by atoms with E-state index in [4.69, 9.17) is 4.74 Å². The van der Waals surface area contributed by atoms with Gasteiger partial charge in [-0.1, -0.05) is 0 Å². The van der Waals surface area contributed by atoms with Crippen molar-refractivity contribution in [2.24, 2.45) is 16.7 Å². The van der Waals surface area contributed by atoms with E-state index >= 15 is 0 Å². The fraction of sp³-hybridized carbons (Fsp3) is 0.933. The quantitative estimate of drug-likeness (QED) is 0.500. The number of hydrogen-bond acceptors (Lipinski definition) is 3. The van der Waals surface area contributed by atoms with Crippen LogP contribution in [0, 0.1) is 16.7 Å². The molecule has 2 bridgehead atoms. The zero-order valence-electron chi connectivity index (χ0n) is 12.9. The first-order valence-electron chi connectivity index (χ1n) is 7.41. The number of esters is 1. The molecule has 2 saturated carbocycles. The molecule has 4 unspecified atom stereocenters. The van der Waals surface area contributed by atoms with Crippen molar-refractivity contribution in [2.45, 2.75) is 60.0 Å². The second-order valence-corrected chi connectivity index (χ2v) is 25.8. The number of halogens is 1. The maximum atomic E-state index is 11.8. The molecule has 20 heavy (non-hydrogen) atoms. The van der Waals surface area contributed by atoms with Crippen LogP contribution in [0.3, 0.4) is 0 Å². The van der Waals surface area contributed by atoms with Crippen LogP contribution in [0.1, 0.15) is 40.0 Å². The summed E-state index contributed by atoms with van der Waals surface area (Å²) in [4.78, 5) is 14.0. The fourth-order valence-electron chi connectivity index (χ4n) is 4.42. The van der Waals surface area contributed by atoms with E-state index in [2.05, 4.69) is 31.6 Å². The van der Waals surface area contributed by atoms with Crippen molar-refractivity contribution in [3.63, 3.8) is 0 Å². The topological polar surface area (TPSA) is 46.5 Å². The van der Waals surface area contributed by atoms with Crippen molar-refractivity contribution in [3.8, 4) is 0 Å². The van der Waals surface area contributed by atoms with Gasteiger partial charge in [-0.25, -0.2) is 0 Å². The van der Waals surface area contributed by atoms with Gasteiger partial charge in [0.1, 0.15) is 0 Å². The van der Waals surface area contributed by atoms with Crippen LogP contribution < -0.4 is 0 Å². The zero-order chi connectivity index (χ0) is 15.2. The van der Waals surface area contributed by atoms with Crippen molar-refractivity contribution in [1.82, 2.24) is 0 Å². The molecule has 0 aromatic heterocycles. The average Bonchev–Trinajstić information content (AvgIpc) is 2.61. The third-order valence-electron chi connectivity index (χ3n) is 5.67. The van der Waals surface area contributed by atoms with E-state index in [1.807, 2.05) is 6.92 Å². The van der Waals surface area contributed by atoms with Gasteiger partial charge in [0.2, 0.25) is 0 Å². The summed E-state index contributed by atoms with van der Waals surface area (Å²) in [6.07, 6.45) is 3.09. The summed E-state index contributed by atoms with van der Waals surface area (Å²) < 4.78 is 6.67. The van der Waals surface area contributed by atoms with E-state index in [1.165, 1.54) is 6.42 Å². The molecular weight excluding hydrogens is 436 g/mol. The number of rotatable bonds is 5. The van der Waals surface area contributed by atoms with Crippen LogP contribution in [0.4, 0.5) is 0 Å². The summed E-state index contributed by atoms with van der Waals surface area (Å²) in [5.41, 5.74) is 0.214. The molecule has 2 aliphatic rings. The van der Waals surface area contributed by atoms with Crippen molar-refractivity contribution < 1.29 is 14.6 Å². The normalized spacial score (nSPS) is 39.3. The van der Waals surface area contributed by atoms with Crippen LogP contribution in [0.25, 0.3) is 0 Å². The second-order valence-electron chi connectivity index (χ2n) is 7.11. The number of fused-ring (bicyclic) bond motifs is 2. The first kappa shape index (κ1) is 17.1. The molecule has 2 fully saturated rings. The number of aliphatic hydroxyl groups is 1. The number of ether oxygens (including phenoxy) is 1. The fourth-order valence-corrected chi connectivity index (χ4v) is 15.4. The molecule has 0 aromatic rings. The predicted molar refractivity (Wildman–Crippen MR) is 86.4 cm³/mol. The SMILES string of the molecule is CCOC(=O)C[Te](C)(Br)CC12CCC(CC1O)C2(C)C. The Labute approximate surface area is 132 Å². The Morgan fingerprint density at radius 1 is 1.50 bits per heavy atom. The molecule has 4 atom stereocenters. The van der Waals surface area contributed by atoms with E-state index < -0.39 is 16.0 Å². The standard InChI is InChI=1S/C15H27BrO3Te/c1-5-19-13(18)9-20(4,16)10-15-7-6-11(8-12(15)17)14(15,2)3/h11-12,17H,5-10H2,1-4H3. The Kier molecular flexibility index (Phi) is 4.88. The first-order valence-corrected chi connectivity index (χ1v) is 18.3. The maximum absolute atomic E-state index is 11.8. The van der Waals surface area contributed by atoms with E-state index in [0.717, 1.165) is 17.3 Å². The zero-order valence-corrected chi connectivity index (χ0v) is 16.9.